The van der Waals surface area contributed by atoms with Crippen molar-refractivity contribution in [2.75, 3.05) is 12.9 Å². The number of ether oxygens (including phenoxy) is 1. The van der Waals surface area contributed by atoms with Gasteiger partial charge in [0, 0.05) is 6.20 Å². The van der Waals surface area contributed by atoms with Crippen molar-refractivity contribution in [1.29, 1.82) is 0 Å². The molecule has 0 radical (unpaired) electrons. The first kappa shape index (κ1) is 15.9. The van der Waals surface area contributed by atoms with Crippen LogP contribution in [0.15, 0.2) is 42.6 Å². The van der Waals surface area contributed by atoms with Gasteiger partial charge in [-0.2, -0.15) is 13.4 Å². The van der Waals surface area contributed by atoms with Gasteiger partial charge >= 0.3 is 0 Å². The van der Waals surface area contributed by atoms with Crippen molar-refractivity contribution in [3.8, 4) is 10.9 Å². The van der Waals surface area contributed by atoms with Gasteiger partial charge in [0.2, 0.25) is 0 Å². The molecule has 0 atom stereocenters. The third kappa shape index (κ3) is 4.47. The van der Waals surface area contributed by atoms with Crippen molar-refractivity contribution in [3.63, 3.8) is 0 Å². The fraction of sp³-hybridized carbons (Fsp3) is 0.200. The van der Waals surface area contributed by atoms with Gasteiger partial charge in [0.25, 0.3) is 15.3 Å². The molecule has 3 rings (SSSR count). The second-order valence-electron chi connectivity index (χ2n) is 4.83. The normalized spacial score (nSPS) is 11.7. The van der Waals surface area contributed by atoms with E-state index in [4.69, 9.17) is 8.92 Å². The lowest BCUT2D eigenvalue weighted by Crippen LogP contribution is -2.06. The van der Waals surface area contributed by atoms with Crippen LogP contribution in [0.2, 0.25) is 0 Å². The minimum Gasteiger partial charge on any atom is -0.431 e. The van der Waals surface area contributed by atoms with Gasteiger partial charge in [0.05, 0.1) is 17.6 Å². The van der Waals surface area contributed by atoms with Crippen LogP contribution in [0.1, 0.15) is 5.56 Å². The average Bonchev–Trinajstić information content (AvgIpc) is 2.90. The van der Waals surface area contributed by atoms with Crippen molar-refractivity contribution in [3.05, 3.63) is 48.2 Å². The predicted molar refractivity (Wildman–Crippen MR) is 88.4 cm³/mol. The van der Waals surface area contributed by atoms with Crippen LogP contribution in [-0.2, 0) is 20.7 Å². The Morgan fingerprint density at radius 2 is 1.96 bits per heavy atom. The maximum absolute atomic E-state index is 10.9. The summed E-state index contributed by atoms with van der Waals surface area (Å²) in [6, 6.07) is 11.2. The molecule has 0 fully saturated rings. The fourth-order valence-corrected chi connectivity index (χ4v) is 3.11. The highest BCUT2D eigenvalue weighted by molar-refractivity contribution is 7.85. The number of thiazole rings is 1. The number of rotatable bonds is 6. The summed E-state index contributed by atoms with van der Waals surface area (Å²) in [5, 5.41) is 0.534. The van der Waals surface area contributed by atoms with E-state index in [1.165, 1.54) is 11.3 Å². The zero-order valence-corrected chi connectivity index (χ0v) is 13.9. The van der Waals surface area contributed by atoms with Gasteiger partial charge in [-0.25, -0.2) is 4.98 Å². The lowest BCUT2D eigenvalue weighted by atomic mass is 10.1. The molecule has 0 N–H and O–H groups in total. The summed E-state index contributed by atoms with van der Waals surface area (Å²) < 4.78 is 33.2. The molecule has 2 heterocycles. The van der Waals surface area contributed by atoms with Crippen LogP contribution < -0.4 is 4.74 Å². The SMILES string of the molecule is CS(=O)(=O)OCCc1ccc(Oc2nc3ncccc3s2)cc1. The molecule has 0 aliphatic carbocycles. The number of hydrogen-bond acceptors (Lipinski definition) is 7. The van der Waals surface area contributed by atoms with Crippen LogP contribution in [0.25, 0.3) is 10.3 Å². The molecule has 0 aliphatic rings. The Hall–Kier alpha value is -2.03. The molecule has 120 valence electrons. The second-order valence-corrected chi connectivity index (χ2v) is 7.46. The van der Waals surface area contributed by atoms with Crippen LogP contribution in [-0.4, -0.2) is 31.2 Å². The summed E-state index contributed by atoms with van der Waals surface area (Å²) in [5.74, 6) is 0.664. The molecular formula is C15H14N2O4S2. The molecule has 0 bridgehead atoms. The second kappa shape index (κ2) is 6.61. The van der Waals surface area contributed by atoms with Gasteiger partial charge < -0.3 is 4.74 Å². The van der Waals surface area contributed by atoms with Gasteiger partial charge in [-0.05, 0) is 36.2 Å². The molecule has 0 aliphatic heterocycles. The molecule has 0 spiro atoms. The van der Waals surface area contributed by atoms with E-state index in [2.05, 4.69) is 9.97 Å². The maximum atomic E-state index is 10.9. The van der Waals surface area contributed by atoms with E-state index in [1.54, 1.807) is 6.20 Å². The van der Waals surface area contributed by atoms with Gasteiger partial charge in [0.15, 0.2) is 5.65 Å². The highest BCUT2D eigenvalue weighted by Crippen LogP contribution is 2.30. The number of hydrogen-bond donors (Lipinski definition) is 0. The van der Waals surface area contributed by atoms with Crippen molar-refractivity contribution < 1.29 is 17.3 Å². The zero-order chi connectivity index (χ0) is 16.3. The van der Waals surface area contributed by atoms with Gasteiger partial charge in [-0.1, -0.05) is 23.5 Å². The molecular weight excluding hydrogens is 336 g/mol. The Bertz CT molecular complexity index is 872. The quantitative estimate of drug-likeness (QED) is 0.636. The van der Waals surface area contributed by atoms with Gasteiger partial charge in [0.1, 0.15) is 5.75 Å². The molecule has 1 aromatic carbocycles. The van der Waals surface area contributed by atoms with Crippen molar-refractivity contribution in [1.82, 2.24) is 9.97 Å². The molecule has 0 amide bonds. The first-order chi connectivity index (χ1) is 11.0. The Morgan fingerprint density at radius 1 is 1.17 bits per heavy atom. The molecule has 23 heavy (non-hydrogen) atoms. The molecule has 2 aromatic heterocycles. The Morgan fingerprint density at radius 3 is 2.65 bits per heavy atom. The van der Waals surface area contributed by atoms with Crippen LogP contribution in [0, 0.1) is 0 Å². The van der Waals surface area contributed by atoms with Crippen LogP contribution in [0.3, 0.4) is 0 Å². The van der Waals surface area contributed by atoms with Crippen molar-refractivity contribution in [2.24, 2.45) is 0 Å². The number of benzene rings is 1. The third-order valence-corrected chi connectivity index (χ3v) is 4.44. The van der Waals surface area contributed by atoms with Gasteiger partial charge in [-0.3, -0.25) is 4.18 Å². The van der Waals surface area contributed by atoms with Crippen molar-refractivity contribution >= 4 is 31.8 Å². The van der Waals surface area contributed by atoms with E-state index in [-0.39, 0.29) is 6.61 Å². The highest BCUT2D eigenvalue weighted by Gasteiger charge is 2.07. The zero-order valence-electron chi connectivity index (χ0n) is 12.3. The van der Waals surface area contributed by atoms with Crippen molar-refractivity contribution in [2.45, 2.75) is 6.42 Å². The lowest BCUT2D eigenvalue weighted by Gasteiger charge is -2.04. The van der Waals surface area contributed by atoms with E-state index in [9.17, 15) is 8.42 Å². The summed E-state index contributed by atoms with van der Waals surface area (Å²) in [6.07, 6.45) is 3.24. The van der Waals surface area contributed by atoms with E-state index in [0.29, 0.717) is 23.0 Å². The number of pyridine rings is 1. The average molecular weight is 350 g/mol. The van der Waals surface area contributed by atoms with E-state index < -0.39 is 10.1 Å². The molecule has 3 aromatic rings. The number of aromatic nitrogens is 2. The minimum absolute atomic E-state index is 0.128. The molecule has 0 saturated heterocycles. The number of nitrogens with zero attached hydrogens (tertiary/aromatic N) is 2. The third-order valence-electron chi connectivity index (χ3n) is 2.96. The fourth-order valence-electron chi connectivity index (χ4n) is 1.93. The summed E-state index contributed by atoms with van der Waals surface area (Å²) in [4.78, 5) is 8.47. The Labute approximate surface area is 137 Å². The van der Waals surface area contributed by atoms with Crippen LogP contribution in [0.5, 0.6) is 10.9 Å². The topological polar surface area (TPSA) is 78.4 Å². The standard InChI is InChI=1S/C15H14N2O4S2/c1-23(18,19)20-10-8-11-4-6-12(7-5-11)21-15-17-14-13(22-15)3-2-9-16-14/h2-7,9H,8,10H2,1H3. The Kier molecular flexibility index (Phi) is 4.56. The molecule has 0 unspecified atom stereocenters. The summed E-state index contributed by atoms with van der Waals surface area (Å²) in [6.45, 7) is 0.128. The van der Waals surface area contributed by atoms with E-state index in [1.807, 2.05) is 36.4 Å². The summed E-state index contributed by atoms with van der Waals surface area (Å²) in [5.41, 5.74) is 1.63. The molecule has 8 heteroatoms. The minimum atomic E-state index is -3.39. The highest BCUT2D eigenvalue weighted by atomic mass is 32.2. The van der Waals surface area contributed by atoms with Gasteiger partial charge in [-0.15, -0.1) is 0 Å². The maximum Gasteiger partial charge on any atom is 0.281 e. The molecule has 0 saturated carbocycles. The van der Waals surface area contributed by atoms with Crippen LogP contribution in [0.4, 0.5) is 0 Å². The smallest absolute Gasteiger partial charge is 0.281 e. The van der Waals surface area contributed by atoms with E-state index >= 15 is 0 Å². The van der Waals surface area contributed by atoms with E-state index in [0.717, 1.165) is 16.5 Å². The summed E-state index contributed by atoms with van der Waals surface area (Å²) >= 11 is 1.43. The predicted octanol–water partition coefficient (Wildman–Crippen LogP) is 3.00. The Balaban J connectivity index is 1.63. The summed E-state index contributed by atoms with van der Waals surface area (Å²) in [7, 11) is -3.39. The lowest BCUT2D eigenvalue weighted by molar-refractivity contribution is 0.326. The first-order valence-corrected chi connectivity index (χ1v) is 9.46. The number of fused-ring (bicyclic) bond motifs is 1. The van der Waals surface area contributed by atoms with Crippen LogP contribution >= 0.6 is 11.3 Å². The first-order valence-electron chi connectivity index (χ1n) is 6.82. The molecule has 6 nitrogen and oxygen atoms in total. The monoisotopic (exact) mass is 350 g/mol. The largest absolute Gasteiger partial charge is 0.431 e.